The van der Waals surface area contributed by atoms with Gasteiger partial charge in [0.1, 0.15) is 4.88 Å². The van der Waals surface area contributed by atoms with Gasteiger partial charge in [-0.3, -0.25) is 4.79 Å². The van der Waals surface area contributed by atoms with Crippen LogP contribution in [0.1, 0.15) is 9.67 Å². The third-order valence-electron chi connectivity index (χ3n) is 3.44. The number of thioether (sulfide) groups is 1. The number of ether oxygens (including phenoxy) is 1. The molecule has 0 aliphatic rings. The van der Waals surface area contributed by atoms with E-state index in [1.807, 2.05) is 48.7 Å². The standard InChI is InChI=1S/C18H14ClNO3S2/c1-24-14-9-5-3-7-12(14)20-15(21)10-23-18(22)17-16(19)11-6-2-4-8-13(11)25-17/h2-9H,10H2,1H3,(H,20,21). The predicted molar refractivity (Wildman–Crippen MR) is 104 cm³/mol. The largest absolute Gasteiger partial charge is 0.451 e. The molecule has 0 unspecified atom stereocenters. The van der Waals surface area contributed by atoms with Gasteiger partial charge in [0.25, 0.3) is 5.91 Å². The van der Waals surface area contributed by atoms with Gasteiger partial charge in [-0.15, -0.1) is 23.1 Å². The van der Waals surface area contributed by atoms with E-state index >= 15 is 0 Å². The fourth-order valence-electron chi connectivity index (χ4n) is 2.28. The zero-order valence-corrected chi connectivity index (χ0v) is 15.6. The smallest absolute Gasteiger partial charge is 0.350 e. The van der Waals surface area contributed by atoms with Crippen molar-refractivity contribution in [2.45, 2.75) is 4.90 Å². The molecule has 1 aromatic heterocycles. The lowest BCUT2D eigenvalue weighted by atomic mass is 10.2. The minimum absolute atomic E-state index is 0.306. The molecule has 7 heteroatoms. The van der Waals surface area contributed by atoms with Gasteiger partial charge in [-0.2, -0.15) is 0 Å². The maximum Gasteiger partial charge on any atom is 0.350 e. The fraction of sp³-hybridized carbons (Fsp3) is 0.111. The van der Waals surface area contributed by atoms with E-state index in [4.69, 9.17) is 16.3 Å². The number of fused-ring (bicyclic) bond motifs is 1. The van der Waals surface area contributed by atoms with Crippen LogP contribution < -0.4 is 5.32 Å². The summed E-state index contributed by atoms with van der Waals surface area (Å²) in [6.07, 6.45) is 1.93. The number of nitrogens with one attached hydrogen (secondary N) is 1. The van der Waals surface area contributed by atoms with Crippen LogP contribution in [0.15, 0.2) is 53.4 Å². The average molecular weight is 392 g/mol. The van der Waals surface area contributed by atoms with Crippen LogP contribution in [-0.2, 0) is 9.53 Å². The van der Waals surface area contributed by atoms with Gasteiger partial charge in [-0.1, -0.05) is 41.9 Å². The molecule has 25 heavy (non-hydrogen) atoms. The van der Waals surface area contributed by atoms with E-state index in [1.165, 1.54) is 23.1 Å². The topological polar surface area (TPSA) is 55.4 Å². The molecule has 4 nitrogen and oxygen atoms in total. The van der Waals surface area contributed by atoms with Crippen LogP contribution in [0.2, 0.25) is 5.02 Å². The van der Waals surface area contributed by atoms with Crippen molar-refractivity contribution in [3.63, 3.8) is 0 Å². The summed E-state index contributed by atoms with van der Waals surface area (Å²) in [6, 6.07) is 14.9. The summed E-state index contributed by atoms with van der Waals surface area (Å²) >= 11 is 9.02. The molecule has 0 fully saturated rings. The first-order valence-electron chi connectivity index (χ1n) is 7.37. The lowest BCUT2D eigenvalue weighted by Crippen LogP contribution is -2.21. The second kappa shape index (κ2) is 7.91. The Morgan fingerprint density at radius 3 is 2.64 bits per heavy atom. The van der Waals surface area contributed by atoms with Crippen molar-refractivity contribution in [2.24, 2.45) is 0 Å². The van der Waals surface area contributed by atoms with E-state index in [9.17, 15) is 9.59 Å². The van der Waals surface area contributed by atoms with Gasteiger partial charge >= 0.3 is 5.97 Å². The van der Waals surface area contributed by atoms with E-state index < -0.39 is 11.9 Å². The molecule has 0 radical (unpaired) electrons. The number of thiophene rings is 1. The van der Waals surface area contributed by atoms with Crippen LogP contribution in [0.4, 0.5) is 5.69 Å². The highest BCUT2D eigenvalue weighted by atomic mass is 35.5. The van der Waals surface area contributed by atoms with Gasteiger partial charge in [0.05, 0.1) is 10.7 Å². The van der Waals surface area contributed by atoms with E-state index in [1.54, 1.807) is 6.07 Å². The Kier molecular flexibility index (Phi) is 5.63. The molecule has 0 saturated carbocycles. The van der Waals surface area contributed by atoms with Crippen LogP contribution in [-0.4, -0.2) is 24.7 Å². The minimum Gasteiger partial charge on any atom is -0.451 e. The summed E-state index contributed by atoms with van der Waals surface area (Å²) in [5.74, 6) is -0.994. The fourth-order valence-corrected chi connectivity index (χ4v) is 4.23. The lowest BCUT2D eigenvalue weighted by Gasteiger charge is -2.09. The highest BCUT2D eigenvalue weighted by Crippen LogP contribution is 2.35. The molecule has 0 bridgehead atoms. The number of benzene rings is 2. The van der Waals surface area contributed by atoms with E-state index in [0.29, 0.717) is 15.6 Å². The Balaban J connectivity index is 1.65. The van der Waals surface area contributed by atoms with Crippen molar-refractivity contribution >= 4 is 62.3 Å². The maximum atomic E-state index is 12.2. The number of halogens is 1. The van der Waals surface area contributed by atoms with Crippen LogP contribution in [0.25, 0.3) is 10.1 Å². The van der Waals surface area contributed by atoms with Crippen molar-refractivity contribution in [1.82, 2.24) is 0 Å². The van der Waals surface area contributed by atoms with E-state index in [0.717, 1.165) is 15.0 Å². The maximum absolute atomic E-state index is 12.2. The molecule has 1 heterocycles. The van der Waals surface area contributed by atoms with Gasteiger partial charge in [-0.05, 0) is 24.5 Å². The van der Waals surface area contributed by atoms with Crippen molar-refractivity contribution in [2.75, 3.05) is 18.2 Å². The number of para-hydroxylation sites is 1. The van der Waals surface area contributed by atoms with Crippen molar-refractivity contribution in [3.05, 3.63) is 58.4 Å². The quantitative estimate of drug-likeness (QED) is 0.487. The summed E-state index contributed by atoms with van der Waals surface area (Å²) in [4.78, 5) is 25.5. The minimum atomic E-state index is -0.598. The van der Waals surface area contributed by atoms with Gasteiger partial charge in [0.15, 0.2) is 6.61 Å². The Morgan fingerprint density at radius 1 is 1.16 bits per heavy atom. The number of hydrogen-bond donors (Lipinski definition) is 1. The summed E-state index contributed by atoms with van der Waals surface area (Å²) in [5, 5.41) is 3.91. The number of carbonyl (C=O) groups excluding carboxylic acids is 2. The molecule has 2 aromatic carbocycles. The van der Waals surface area contributed by atoms with Crippen LogP contribution in [0, 0.1) is 0 Å². The van der Waals surface area contributed by atoms with Gasteiger partial charge < -0.3 is 10.1 Å². The van der Waals surface area contributed by atoms with Crippen LogP contribution in [0.5, 0.6) is 0 Å². The first-order chi connectivity index (χ1) is 12.1. The first kappa shape index (κ1) is 17.8. The second-order valence-corrected chi connectivity index (χ2v) is 7.34. The predicted octanol–water partition coefficient (Wildman–Crippen LogP) is 5.07. The first-order valence-corrected chi connectivity index (χ1v) is 9.79. The number of amides is 1. The number of rotatable bonds is 5. The van der Waals surface area contributed by atoms with Crippen LogP contribution in [0.3, 0.4) is 0 Å². The number of carbonyl (C=O) groups is 2. The Morgan fingerprint density at radius 2 is 1.88 bits per heavy atom. The van der Waals surface area contributed by atoms with Crippen LogP contribution >= 0.6 is 34.7 Å². The SMILES string of the molecule is CSc1ccccc1NC(=O)COC(=O)c1sc2ccccc2c1Cl. The van der Waals surface area contributed by atoms with Crippen molar-refractivity contribution < 1.29 is 14.3 Å². The summed E-state index contributed by atoms with van der Waals surface area (Å²) in [6.45, 7) is -0.369. The Hall–Kier alpha value is -2.02. The number of esters is 1. The van der Waals surface area contributed by atoms with E-state index in [-0.39, 0.29) is 6.61 Å². The molecule has 3 rings (SSSR count). The molecule has 0 saturated heterocycles. The monoisotopic (exact) mass is 391 g/mol. The number of anilines is 1. The van der Waals surface area contributed by atoms with Crippen molar-refractivity contribution in [1.29, 1.82) is 0 Å². The van der Waals surface area contributed by atoms with E-state index in [2.05, 4.69) is 5.32 Å². The van der Waals surface area contributed by atoms with Crippen molar-refractivity contribution in [3.8, 4) is 0 Å². The zero-order chi connectivity index (χ0) is 17.8. The molecule has 128 valence electrons. The summed E-state index contributed by atoms with van der Waals surface area (Å²) in [7, 11) is 0. The molecule has 0 spiro atoms. The molecule has 0 aliphatic carbocycles. The van der Waals surface area contributed by atoms with Gasteiger partial charge in [0, 0.05) is 15.0 Å². The Labute approximate surface area is 158 Å². The second-order valence-electron chi connectivity index (χ2n) is 5.07. The molecule has 3 aromatic rings. The molecule has 1 amide bonds. The molecule has 0 atom stereocenters. The third kappa shape index (κ3) is 3.98. The Bertz CT molecular complexity index is 939. The lowest BCUT2D eigenvalue weighted by molar-refractivity contribution is -0.119. The molecular formula is C18H14ClNO3S2. The molecule has 0 aliphatic heterocycles. The number of hydrogen-bond acceptors (Lipinski definition) is 5. The highest BCUT2D eigenvalue weighted by molar-refractivity contribution is 7.98. The van der Waals surface area contributed by atoms with Gasteiger partial charge in [0.2, 0.25) is 0 Å². The molecule has 1 N–H and O–H groups in total. The average Bonchev–Trinajstić information content (AvgIpc) is 2.97. The summed E-state index contributed by atoms with van der Waals surface area (Å²) < 4.78 is 6.01. The summed E-state index contributed by atoms with van der Waals surface area (Å²) in [5.41, 5.74) is 0.691. The normalized spacial score (nSPS) is 10.6. The highest BCUT2D eigenvalue weighted by Gasteiger charge is 2.19. The zero-order valence-electron chi connectivity index (χ0n) is 13.2. The third-order valence-corrected chi connectivity index (χ3v) is 5.89. The van der Waals surface area contributed by atoms with Gasteiger partial charge in [-0.25, -0.2) is 4.79 Å². The molecular weight excluding hydrogens is 378 g/mol.